The van der Waals surface area contributed by atoms with E-state index in [0.29, 0.717) is 6.61 Å². The lowest BCUT2D eigenvalue weighted by Gasteiger charge is -2.19. The minimum atomic E-state index is 0.701. The summed E-state index contributed by atoms with van der Waals surface area (Å²) < 4.78 is 5.44. The van der Waals surface area contributed by atoms with Gasteiger partial charge in [-0.2, -0.15) is 0 Å². The van der Waals surface area contributed by atoms with E-state index in [0.717, 1.165) is 13.2 Å². The van der Waals surface area contributed by atoms with Crippen molar-refractivity contribution in [3.8, 4) is 0 Å². The summed E-state index contributed by atoms with van der Waals surface area (Å²) >= 11 is 0. The molecule has 1 heterocycles. The van der Waals surface area contributed by atoms with Crippen LogP contribution in [0.2, 0.25) is 0 Å². The third-order valence-electron chi connectivity index (χ3n) is 2.29. The molecule has 15 heavy (non-hydrogen) atoms. The Morgan fingerprint density at radius 3 is 2.80 bits per heavy atom. The molecule has 0 unspecified atom stereocenters. The van der Waals surface area contributed by atoms with Crippen molar-refractivity contribution in [1.82, 2.24) is 0 Å². The van der Waals surface area contributed by atoms with Gasteiger partial charge in [-0.3, -0.25) is 0 Å². The summed E-state index contributed by atoms with van der Waals surface area (Å²) in [6.45, 7) is 2.35. The van der Waals surface area contributed by atoms with Crippen LogP contribution in [0.15, 0.2) is 54.8 Å². The van der Waals surface area contributed by atoms with Gasteiger partial charge in [0.05, 0.1) is 13.2 Å². The van der Waals surface area contributed by atoms with Gasteiger partial charge in [-0.15, -0.1) is 0 Å². The van der Waals surface area contributed by atoms with Crippen LogP contribution in [-0.2, 0) is 4.74 Å². The Labute approximate surface area is 90.5 Å². The number of rotatable bonds is 1. The average molecular weight is 201 g/mol. The Hall–Kier alpha value is -1.54. The van der Waals surface area contributed by atoms with Gasteiger partial charge in [0.2, 0.25) is 0 Å². The van der Waals surface area contributed by atoms with Gasteiger partial charge in [0, 0.05) is 18.4 Å². The fourth-order valence-corrected chi connectivity index (χ4v) is 1.51. The highest BCUT2D eigenvalue weighted by Crippen LogP contribution is 2.13. The Morgan fingerprint density at radius 1 is 1.07 bits per heavy atom. The number of nitrogens with zero attached hydrogens (tertiary/aromatic N) is 1. The predicted octanol–water partition coefficient (Wildman–Crippen LogP) is 2.59. The maximum Gasteiger partial charge on any atom is 0.0651 e. The molecule has 0 N–H and O–H groups in total. The van der Waals surface area contributed by atoms with Crippen LogP contribution in [0.3, 0.4) is 0 Å². The molecule has 0 bridgehead atoms. The molecule has 0 aromatic heterocycles. The lowest BCUT2D eigenvalue weighted by molar-refractivity contribution is 0.170. The van der Waals surface area contributed by atoms with Gasteiger partial charge in [-0.05, 0) is 18.2 Å². The van der Waals surface area contributed by atoms with E-state index in [1.807, 2.05) is 36.4 Å². The van der Waals surface area contributed by atoms with E-state index >= 15 is 0 Å². The van der Waals surface area contributed by atoms with Crippen molar-refractivity contribution in [1.29, 1.82) is 0 Å². The van der Waals surface area contributed by atoms with Crippen LogP contribution in [-0.4, -0.2) is 19.8 Å². The van der Waals surface area contributed by atoms with Gasteiger partial charge in [0.25, 0.3) is 0 Å². The molecule has 0 atom stereocenters. The molecule has 78 valence electrons. The number of hydrogen-bond acceptors (Lipinski definition) is 2. The molecule has 0 amide bonds. The third kappa shape index (κ3) is 2.96. The van der Waals surface area contributed by atoms with Gasteiger partial charge in [-0.1, -0.05) is 30.4 Å². The highest BCUT2D eigenvalue weighted by molar-refractivity contribution is 5.49. The molecule has 1 aromatic carbocycles. The molecule has 0 spiro atoms. The predicted molar refractivity (Wildman–Crippen MR) is 62.9 cm³/mol. The van der Waals surface area contributed by atoms with Gasteiger partial charge in [0.15, 0.2) is 0 Å². The molecular weight excluding hydrogens is 186 g/mol. The summed E-state index contributed by atoms with van der Waals surface area (Å²) in [7, 11) is 0. The molecule has 2 nitrogen and oxygen atoms in total. The van der Waals surface area contributed by atoms with E-state index in [4.69, 9.17) is 4.74 Å². The highest BCUT2D eigenvalue weighted by Gasteiger charge is 2.01. The molecule has 1 aliphatic heterocycles. The van der Waals surface area contributed by atoms with E-state index in [2.05, 4.69) is 23.2 Å². The average Bonchev–Trinajstić information content (AvgIpc) is 2.43. The van der Waals surface area contributed by atoms with Crippen LogP contribution in [0.5, 0.6) is 0 Å². The zero-order chi connectivity index (χ0) is 10.3. The van der Waals surface area contributed by atoms with E-state index in [1.54, 1.807) is 0 Å². The first-order chi connectivity index (χ1) is 7.47. The largest absolute Gasteiger partial charge is 0.376 e. The monoisotopic (exact) mass is 201 g/mol. The number of ether oxygens (including phenoxy) is 1. The van der Waals surface area contributed by atoms with Gasteiger partial charge in [0.1, 0.15) is 0 Å². The second-order valence-electron chi connectivity index (χ2n) is 3.37. The number of anilines is 1. The van der Waals surface area contributed by atoms with Crippen LogP contribution in [0, 0.1) is 0 Å². The second-order valence-corrected chi connectivity index (χ2v) is 3.37. The second kappa shape index (κ2) is 5.37. The first-order valence-corrected chi connectivity index (χ1v) is 5.19. The first-order valence-electron chi connectivity index (χ1n) is 5.19. The normalized spacial score (nSPS) is 21.2. The molecular formula is C13H15NO. The molecule has 2 heteroatoms. The Balaban J connectivity index is 2.13. The number of para-hydroxylation sites is 1. The summed E-state index contributed by atoms with van der Waals surface area (Å²) in [6, 6.07) is 10.3. The van der Waals surface area contributed by atoms with Crippen LogP contribution in [0.25, 0.3) is 0 Å². The van der Waals surface area contributed by atoms with Gasteiger partial charge >= 0.3 is 0 Å². The van der Waals surface area contributed by atoms with Crippen molar-refractivity contribution in [2.75, 3.05) is 24.7 Å². The van der Waals surface area contributed by atoms with Crippen LogP contribution >= 0.6 is 0 Å². The molecule has 0 radical (unpaired) electrons. The molecule has 2 rings (SSSR count). The van der Waals surface area contributed by atoms with Crippen molar-refractivity contribution in [3.05, 3.63) is 54.8 Å². The quantitative estimate of drug-likeness (QED) is 0.692. The fourth-order valence-electron chi connectivity index (χ4n) is 1.51. The molecule has 0 saturated heterocycles. The van der Waals surface area contributed by atoms with Crippen molar-refractivity contribution >= 4 is 5.69 Å². The molecule has 0 aliphatic carbocycles. The lowest BCUT2D eigenvalue weighted by atomic mass is 10.3. The van der Waals surface area contributed by atoms with Crippen LogP contribution in [0.4, 0.5) is 5.69 Å². The maximum atomic E-state index is 5.44. The van der Waals surface area contributed by atoms with Crippen molar-refractivity contribution < 1.29 is 4.74 Å². The van der Waals surface area contributed by atoms with Crippen LogP contribution in [0.1, 0.15) is 0 Å². The fraction of sp³-hybridized carbons (Fsp3) is 0.231. The zero-order valence-corrected chi connectivity index (χ0v) is 8.67. The highest BCUT2D eigenvalue weighted by atomic mass is 16.5. The molecule has 0 fully saturated rings. The Bertz CT molecular complexity index is 343. The van der Waals surface area contributed by atoms with Gasteiger partial charge in [-0.25, -0.2) is 0 Å². The lowest BCUT2D eigenvalue weighted by Crippen LogP contribution is -2.21. The van der Waals surface area contributed by atoms with Crippen molar-refractivity contribution in [2.24, 2.45) is 0 Å². The molecule has 1 aromatic rings. The van der Waals surface area contributed by atoms with E-state index in [-0.39, 0.29) is 0 Å². The minimum absolute atomic E-state index is 0.701. The maximum absolute atomic E-state index is 5.44. The number of allylic oxidation sites excluding steroid dienone is 2. The van der Waals surface area contributed by atoms with Gasteiger partial charge < -0.3 is 9.64 Å². The molecule has 1 aliphatic rings. The number of hydrogen-bond donors (Lipinski definition) is 0. The smallest absolute Gasteiger partial charge is 0.0651 e. The standard InChI is InChI=1S/C13H15NO/c1-3-7-13(8-4-1)14-9-5-2-6-11-15-12-10-14/h1-9H,10-12H2/b6-2-,9-5-. The van der Waals surface area contributed by atoms with Crippen molar-refractivity contribution in [3.63, 3.8) is 0 Å². The SMILES string of the molecule is C1=C\COCCN(c2ccccc2)\C=C/1. The topological polar surface area (TPSA) is 12.5 Å². The van der Waals surface area contributed by atoms with E-state index < -0.39 is 0 Å². The summed E-state index contributed by atoms with van der Waals surface area (Å²) in [4.78, 5) is 2.19. The summed E-state index contributed by atoms with van der Waals surface area (Å²) in [5, 5.41) is 0. The zero-order valence-electron chi connectivity index (χ0n) is 8.67. The third-order valence-corrected chi connectivity index (χ3v) is 2.29. The summed E-state index contributed by atoms with van der Waals surface area (Å²) in [5.41, 5.74) is 1.20. The summed E-state index contributed by atoms with van der Waals surface area (Å²) in [5.74, 6) is 0. The Morgan fingerprint density at radius 2 is 1.93 bits per heavy atom. The summed E-state index contributed by atoms with van der Waals surface area (Å²) in [6.07, 6.45) is 8.16. The van der Waals surface area contributed by atoms with Crippen LogP contribution < -0.4 is 4.90 Å². The first kappa shape index (κ1) is 9.99. The number of benzene rings is 1. The van der Waals surface area contributed by atoms with E-state index in [1.165, 1.54) is 5.69 Å². The Kier molecular flexibility index (Phi) is 3.58. The van der Waals surface area contributed by atoms with Crippen molar-refractivity contribution in [2.45, 2.75) is 0 Å². The molecule has 0 saturated carbocycles. The minimum Gasteiger partial charge on any atom is -0.376 e. The van der Waals surface area contributed by atoms with E-state index in [9.17, 15) is 0 Å².